The van der Waals surface area contributed by atoms with Crippen molar-refractivity contribution in [3.8, 4) is 51.0 Å². The molecule has 0 atom stereocenters. The van der Waals surface area contributed by atoms with Gasteiger partial charge in [-0.25, -0.2) is 15.0 Å². The first-order valence-corrected chi connectivity index (χ1v) is 23.5. The monoisotopic (exact) mass is 862 g/mol. The van der Waals surface area contributed by atoms with Crippen LogP contribution >= 0.6 is 22.7 Å². The Morgan fingerprint density at radius 2 is 0.877 bits per heavy atom. The Balaban J connectivity index is 1.08. The molecule has 0 unspecified atom stereocenters. The highest BCUT2D eigenvalue weighted by molar-refractivity contribution is 7.26. The van der Waals surface area contributed by atoms with E-state index in [4.69, 9.17) is 15.0 Å². The Kier molecular flexibility index (Phi) is 7.99. The Labute approximate surface area is 381 Å². The van der Waals surface area contributed by atoms with Crippen molar-refractivity contribution in [3.63, 3.8) is 0 Å². The molecular weight excluding hydrogens is 829 g/mol. The number of hydrogen-bond donors (Lipinski definition) is 0. The van der Waals surface area contributed by atoms with Gasteiger partial charge in [-0.3, -0.25) is 0 Å². The minimum atomic E-state index is 0.633. The molecule has 4 heterocycles. The van der Waals surface area contributed by atoms with Gasteiger partial charge >= 0.3 is 0 Å². The molecule has 0 saturated carbocycles. The second-order valence-corrected chi connectivity index (χ2v) is 18.9. The molecular formula is C59H34N4S2. The second kappa shape index (κ2) is 14.2. The minimum absolute atomic E-state index is 0.633. The molecule has 0 aliphatic heterocycles. The van der Waals surface area contributed by atoms with Crippen molar-refractivity contribution >= 4 is 106 Å². The molecule has 0 fully saturated rings. The van der Waals surface area contributed by atoms with Crippen LogP contribution in [0.25, 0.3) is 135 Å². The lowest BCUT2D eigenvalue weighted by Gasteiger charge is -2.14. The highest BCUT2D eigenvalue weighted by Crippen LogP contribution is 2.45. The maximum absolute atomic E-state index is 5.54. The molecule has 0 aliphatic carbocycles. The normalized spacial score (nSPS) is 12.0. The van der Waals surface area contributed by atoms with Crippen LogP contribution in [-0.2, 0) is 0 Å². The van der Waals surface area contributed by atoms with E-state index in [1.165, 1.54) is 72.8 Å². The van der Waals surface area contributed by atoms with Gasteiger partial charge in [-0.1, -0.05) is 158 Å². The second-order valence-electron chi connectivity index (χ2n) is 16.7. The van der Waals surface area contributed by atoms with Crippen LogP contribution in [0.1, 0.15) is 0 Å². The first-order valence-electron chi connectivity index (χ1n) is 21.8. The summed E-state index contributed by atoms with van der Waals surface area (Å²) >= 11 is 3.63. The fraction of sp³-hybridized carbons (Fsp3) is 0. The van der Waals surface area contributed by atoms with Crippen molar-refractivity contribution in [3.05, 3.63) is 206 Å². The van der Waals surface area contributed by atoms with E-state index in [9.17, 15) is 0 Å². The van der Waals surface area contributed by atoms with Crippen molar-refractivity contribution in [2.24, 2.45) is 0 Å². The van der Waals surface area contributed by atoms with E-state index in [1.54, 1.807) is 11.3 Å². The van der Waals surface area contributed by atoms with Gasteiger partial charge in [0.2, 0.25) is 0 Å². The summed E-state index contributed by atoms with van der Waals surface area (Å²) in [5, 5.41) is 12.1. The third kappa shape index (κ3) is 5.71. The van der Waals surface area contributed by atoms with E-state index < -0.39 is 0 Å². The van der Waals surface area contributed by atoms with Crippen LogP contribution in [0.2, 0.25) is 0 Å². The number of rotatable bonds is 5. The van der Waals surface area contributed by atoms with Gasteiger partial charge in [0.25, 0.3) is 0 Å². The summed E-state index contributed by atoms with van der Waals surface area (Å²) in [6.45, 7) is 0. The summed E-state index contributed by atoms with van der Waals surface area (Å²) in [6.07, 6.45) is 0. The van der Waals surface area contributed by atoms with E-state index in [0.29, 0.717) is 17.5 Å². The lowest BCUT2D eigenvalue weighted by molar-refractivity contribution is 1.08. The fourth-order valence-corrected chi connectivity index (χ4v) is 12.3. The maximum atomic E-state index is 5.54. The number of aromatic nitrogens is 4. The van der Waals surface area contributed by atoms with E-state index >= 15 is 0 Å². The van der Waals surface area contributed by atoms with Crippen LogP contribution in [0, 0.1) is 0 Å². The Morgan fingerprint density at radius 1 is 0.308 bits per heavy atom. The molecule has 14 aromatic rings. The smallest absolute Gasteiger partial charge is 0.164 e. The van der Waals surface area contributed by atoms with E-state index in [2.05, 4.69) is 211 Å². The molecule has 0 spiro atoms. The quantitative estimate of drug-likeness (QED) is 0.173. The van der Waals surface area contributed by atoms with Gasteiger partial charge in [0.15, 0.2) is 17.5 Å². The predicted molar refractivity (Wildman–Crippen MR) is 277 cm³/mol. The van der Waals surface area contributed by atoms with Gasteiger partial charge in [-0.15, -0.1) is 22.7 Å². The predicted octanol–water partition coefficient (Wildman–Crippen LogP) is 16.7. The zero-order valence-corrected chi connectivity index (χ0v) is 36.4. The zero-order chi connectivity index (χ0) is 42.6. The van der Waals surface area contributed by atoms with Gasteiger partial charge in [-0.2, -0.15) is 0 Å². The molecule has 4 aromatic heterocycles. The number of fused-ring (bicyclic) bond motifs is 12. The lowest BCUT2D eigenvalue weighted by Crippen LogP contribution is -2.02. The number of nitrogens with zero attached hydrogens (tertiary/aromatic N) is 4. The summed E-state index contributed by atoms with van der Waals surface area (Å²) in [6, 6.07) is 74.4. The van der Waals surface area contributed by atoms with Crippen molar-refractivity contribution < 1.29 is 0 Å². The maximum Gasteiger partial charge on any atom is 0.164 e. The molecule has 0 N–H and O–H groups in total. The molecule has 10 aromatic carbocycles. The molecule has 6 heteroatoms. The van der Waals surface area contributed by atoms with Crippen molar-refractivity contribution in [1.82, 2.24) is 19.5 Å². The van der Waals surface area contributed by atoms with Crippen molar-refractivity contribution in [1.29, 1.82) is 0 Å². The lowest BCUT2D eigenvalue weighted by atomic mass is 10.0. The number of hydrogen-bond acceptors (Lipinski definition) is 5. The summed E-state index contributed by atoms with van der Waals surface area (Å²) in [7, 11) is 0. The van der Waals surface area contributed by atoms with Gasteiger partial charge in [0.05, 0.1) is 11.0 Å². The van der Waals surface area contributed by atoms with Crippen LogP contribution < -0.4 is 0 Å². The molecule has 0 radical (unpaired) electrons. The van der Waals surface area contributed by atoms with E-state index in [0.717, 1.165) is 44.4 Å². The Hall–Kier alpha value is -8.03. The third-order valence-corrected chi connectivity index (χ3v) is 15.3. The van der Waals surface area contributed by atoms with Crippen LogP contribution in [0.5, 0.6) is 0 Å². The molecule has 65 heavy (non-hydrogen) atoms. The summed E-state index contributed by atoms with van der Waals surface area (Å²) in [5.74, 6) is 1.92. The van der Waals surface area contributed by atoms with Gasteiger partial charge < -0.3 is 4.57 Å². The van der Waals surface area contributed by atoms with E-state index in [1.807, 2.05) is 11.3 Å². The molecule has 0 saturated heterocycles. The summed E-state index contributed by atoms with van der Waals surface area (Å²) < 4.78 is 7.31. The largest absolute Gasteiger partial charge is 0.309 e. The van der Waals surface area contributed by atoms with Crippen LogP contribution in [-0.4, -0.2) is 19.5 Å². The van der Waals surface area contributed by atoms with Crippen molar-refractivity contribution in [2.45, 2.75) is 0 Å². The van der Waals surface area contributed by atoms with Gasteiger partial charge in [-0.05, 0) is 81.2 Å². The molecule has 0 aliphatic rings. The average molecular weight is 863 g/mol. The molecule has 4 nitrogen and oxygen atoms in total. The highest BCUT2D eigenvalue weighted by atomic mass is 32.1. The average Bonchev–Trinajstić information content (AvgIpc) is 4.05. The van der Waals surface area contributed by atoms with Crippen molar-refractivity contribution in [2.75, 3.05) is 0 Å². The first kappa shape index (κ1) is 36.5. The minimum Gasteiger partial charge on any atom is -0.309 e. The third-order valence-electron chi connectivity index (χ3n) is 13.0. The first-order chi connectivity index (χ1) is 32.2. The molecule has 0 bridgehead atoms. The Morgan fingerprint density at radius 3 is 1.65 bits per heavy atom. The standard InChI is InChI=1S/C59H34N4S2/c1-2-13-35(14-3-1)36-25-27-38(28-26-36)57-60-58(45-21-12-24-52-55(45)43-19-8-10-22-50(43)64-52)62-59(61-57)47-33-41(34-53-56(47)44-20-9-11-23-51(44)65-53)63-48-30-29-37-15-6-7-18-42(37)54(48)46-31-39-16-4-5-17-40(39)32-49(46)63/h1-34H. The van der Waals surface area contributed by atoms with Crippen LogP contribution in [0.4, 0.5) is 0 Å². The summed E-state index contributed by atoms with van der Waals surface area (Å²) in [4.78, 5) is 16.4. The van der Waals surface area contributed by atoms with Crippen LogP contribution in [0.3, 0.4) is 0 Å². The highest BCUT2D eigenvalue weighted by Gasteiger charge is 2.23. The van der Waals surface area contributed by atoms with E-state index in [-0.39, 0.29) is 0 Å². The molecule has 14 rings (SSSR count). The fourth-order valence-electron chi connectivity index (χ4n) is 10.0. The number of thiophene rings is 2. The molecule has 0 amide bonds. The van der Waals surface area contributed by atoms with Crippen LogP contribution in [0.15, 0.2) is 206 Å². The topological polar surface area (TPSA) is 43.6 Å². The van der Waals surface area contributed by atoms with Gasteiger partial charge in [0.1, 0.15) is 0 Å². The molecule has 302 valence electrons. The number of benzene rings is 10. The summed E-state index contributed by atoms with van der Waals surface area (Å²) in [5.41, 5.74) is 8.59. The SMILES string of the molecule is c1ccc(-c2ccc(-c3nc(-c4cccc5sc6ccccc6c45)nc(-c4cc(-n5c6cc7ccccc7cc6c6c7ccccc7ccc65)cc5sc6ccccc6c45)n3)cc2)cc1. The van der Waals surface area contributed by atoms with Gasteiger partial charge in [0, 0.05) is 73.5 Å². The zero-order valence-electron chi connectivity index (χ0n) is 34.7. The Bertz CT molecular complexity index is 4240.